The topological polar surface area (TPSA) is 278 Å². The van der Waals surface area contributed by atoms with Crippen molar-refractivity contribution in [1.29, 1.82) is 0 Å². The van der Waals surface area contributed by atoms with Crippen LogP contribution in [0.5, 0.6) is 5.75 Å². The molecule has 23 heteroatoms. The van der Waals surface area contributed by atoms with E-state index >= 15 is 0 Å². The molecule has 2 aromatic heterocycles. The minimum Gasteiger partial charge on any atom is -0.494 e. The molecule has 7 N–H and O–H groups in total. The maximum absolute atomic E-state index is 13.5. The van der Waals surface area contributed by atoms with Gasteiger partial charge in [0.25, 0.3) is 11.8 Å². The predicted octanol–water partition coefficient (Wildman–Crippen LogP) is 0.674. The third-order valence-corrected chi connectivity index (χ3v) is 11.5. The summed E-state index contributed by atoms with van der Waals surface area (Å²) in [5, 5.41) is 23.2. The summed E-state index contributed by atoms with van der Waals surface area (Å²) in [6.45, 7) is 5.95. The number of methoxy groups -OCH3 is 1. The lowest BCUT2D eigenvalue weighted by atomic mass is 10.1. The van der Waals surface area contributed by atoms with E-state index in [-0.39, 0.29) is 53.6 Å². The first kappa shape index (κ1) is 49.6. The summed E-state index contributed by atoms with van der Waals surface area (Å²) in [6.07, 6.45) is 3.09. The largest absolute Gasteiger partial charge is 0.494 e. The van der Waals surface area contributed by atoms with Crippen LogP contribution in [-0.4, -0.2) is 172 Å². The second kappa shape index (κ2) is 23.6. The highest BCUT2D eigenvalue weighted by molar-refractivity contribution is 6.23. The molecule has 4 aromatic rings. The molecule has 0 aliphatic carbocycles. The zero-order valence-electron chi connectivity index (χ0n) is 38.8. The van der Waals surface area contributed by atoms with E-state index in [1.807, 2.05) is 26.2 Å². The third kappa shape index (κ3) is 11.6. The van der Waals surface area contributed by atoms with Crippen molar-refractivity contribution in [3.05, 3.63) is 77.2 Å². The maximum atomic E-state index is 13.5. The molecule has 360 valence electrons. The van der Waals surface area contributed by atoms with Gasteiger partial charge in [-0.25, -0.2) is 9.97 Å². The quantitative estimate of drug-likeness (QED) is 0.0263. The highest BCUT2D eigenvalue weighted by Crippen LogP contribution is 2.33. The van der Waals surface area contributed by atoms with Crippen molar-refractivity contribution in [2.75, 3.05) is 120 Å². The number of nitrogens with two attached hydrogens (primary N) is 1. The number of anilines is 6. The number of nitrogens with one attached hydrogen (secondary N) is 5. The number of nitrogens with zero attached hydrogens (tertiary/aromatic N) is 10. The molecule has 68 heavy (non-hydrogen) atoms. The summed E-state index contributed by atoms with van der Waals surface area (Å²) in [6, 6.07) is 12.8. The van der Waals surface area contributed by atoms with Crippen LogP contribution in [0.4, 0.5) is 34.5 Å². The van der Waals surface area contributed by atoms with Crippen molar-refractivity contribution in [3.8, 4) is 5.75 Å². The van der Waals surface area contributed by atoms with E-state index in [0.29, 0.717) is 81.1 Å². The van der Waals surface area contributed by atoms with Gasteiger partial charge in [0.2, 0.25) is 11.8 Å². The molecule has 0 bridgehead atoms. The summed E-state index contributed by atoms with van der Waals surface area (Å²) < 4.78 is 5.60. The highest BCUT2D eigenvalue weighted by atomic mass is 16.5. The van der Waals surface area contributed by atoms with Gasteiger partial charge in [0.05, 0.1) is 35.2 Å². The number of hydrazone groups is 1. The summed E-state index contributed by atoms with van der Waals surface area (Å²) in [4.78, 5) is 94.1. The van der Waals surface area contributed by atoms with E-state index in [1.54, 1.807) is 43.7 Å². The Labute approximate surface area is 393 Å². The number of para-hydroxylation sites is 1. The monoisotopic (exact) mass is 934 g/mol. The van der Waals surface area contributed by atoms with Crippen LogP contribution in [0.3, 0.4) is 0 Å². The normalized spacial score (nSPS) is 15.5. The Kier molecular flexibility index (Phi) is 17.2. The number of ether oxygens (including phenoxy) is 1. The SMILES string of the molecule is CN/N=C(\N)c1cccc(Nc2cc(NC(=O)CCN3CCN(c4cc(N5CCN(c6ccc7c(c6)C(=O)N(C(CCC=O)C(=O)NC)C7=O)CC5)ncn4)CC3)nnc2C=O)c1OC.CNC. The Balaban J connectivity index is 0.00000247. The summed E-state index contributed by atoms with van der Waals surface area (Å²) >= 11 is 0. The molecule has 7 rings (SSSR count). The van der Waals surface area contributed by atoms with Crippen LogP contribution in [0.2, 0.25) is 0 Å². The molecule has 4 amide bonds. The van der Waals surface area contributed by atoms with Crippen molar-refractivity contribution >= 4 is 76.6 Å². The maximum Gasteiger partial charge on any atom is 0.262 e. The van der Waals surface area contributed by atoms with Gasteiger partial charge in [-0.3, -0.25) is 33.8 Å². The summed E-state index contributed by atoms with van der Waals surface area (Å²) in [5.41, 5.74) is 11.4. The lowest BCUT2D eigenvalue weighted by molar-refractivity contribution is -0.124. The number of hydrogen-bond donors (Lipinski definition) is 6. The molecule has 0 saturated carbocycles. The van der Waals surface area contributed by atoms with E-state index in [9.17, 15) is 28.8 Å². The number of amides is 4. The number of likely N-dealkylation sites (N-methyl/N-ethyl adjacent to an activating group) is 1. The van der Waals surface area contributed by atoms with Crippen molar-refractivity contribution in [3.63, 3.8) is 0 Å². The molecule has 1 atom stereocenters. The average Bonchev–Trinajstić information content (AvgIpc) is 3.61. The van der Waals surface area contributed by atoms with Gasteiger partial charge in [-0.15, -0.1) is 10.2 Å². The van der Waals surface area contributed by atoms with Crippen LogP contribution in [0.1, 0.15) is 56.0 Å². The Morgan fingerprint density at radius 2 is 1.50 bits per heavy atom. The van der Waals surface area contributed by atoms with Crippen LogP contribution in [-0.2, 0) is 14.4 Å². The van der Waals surface area contributed by atoms with Gasteiger partial charge in [-0.05, 0) is 50.8 Å². The molecule has 0 spiro atoms. The van der Waals surface area contributed by atoms with Crippen LogP contribution in [0.25, 0.3) is 0 Å². The van der Waals surface area contributed by atoms with E-state index in [2.05, 4.69) is 71.6 Å². The number of hydrogen-bond acceptors (Lipinski definition) is 19. The average molecular weight is 935 g/mol. The number of piperazine rings is 2. The minimum absolute atomic E-state index is 0.0346. The second-order valence-electron chi connectivity index (χ2n) is 15.8. The van der Waals surface area contributed by atoms with Crippen molar-refractivity contribution < 1.29 is 33.5 Å². The molecule has 1 unspecified atom stereocenters. The molecule has 5 heterocycles. The number of rotatable bonds is 18. The molecular formula is C45H58N16O7. The number of fused-ring (bicyclic) bond motifs is 1. The van der Waals surface area contributed by atoms with E-state index < -0.39 is 23.8 Å². The fraction of sp³-hybridized carbons (Fsp3) is 0.400. The van der Waals surface area contributed by atoms with E-state index in [0.717, 1.165) is 35.3 Å². The number of aromatic nitrogens is 4. The predicted molar refractivity (Wildman–Crippen MR) is 257 cm³/mol. The Bertz CT molecular complexity index is 2490. The lowest BCUT2D eigenvalue weighted by Crippen LogP contribution is -2.48. The van der Waals surface area contributed by atoms with Gasteiger partial charge < -0.3 is 56.7 Å². The molecule has 23 nitrogen and oxygen atoms in total. The van der Waals surface area contributed by atoms with Gasteiger partial charge >= 0.3 is 0 Å². The number of benzene rings is 2. The second-order valence-corrected chi connectivity index (χ2v) is 15.8. The molecule has 3 aliphatic heterocycles. The van der Waals surface area contributed by atoms with Crippen LogP contribution in [0, 0.1) is 0 Å². The fourth-order valence-electron chi connectivity index (χ4n) is 8.07. The fourth-order valence-corrected chi connectivity index (χ4v) is 8.07. The van der Waals surface area contributed by atoms with Crippen LogP contribution in [0.15, 0.2) is 60.0 Å². The minimum atomic E-state index is -1.07. The molecule has 3 aliphatic rings. The first-order valence-corrected chi connectivity index (χ1v) is 22.1. The van der Waals surface area contributed by atoms with Crippen molar-refractivity contribution in [1.82, 2.24) is 46.0 Å². The van der Waals surface area contributed by atoms with Crippen LogP contribution >= 0.6 is 0 Å². The standard InChI is InChI=1S/C43H51N15O7.C2H7N/c1-45-41(62)34(8-5-21-59)58-42(63)28-10-9-27(22-30(28)43(58)64)55-17-19-57(20-18-55)37-24-36(47-26-48-37)56-15-13-54(14-16-56)12-11-38(61)50-35-23-32(33(25-60)51-52-35)49-31-7-4-6-29(39(31)65-3)40(44)53-46-2;1-3-2/h4,6-7,9-10,21-26,34,46H,5,8,11-20H2,1-3H3,(H2,44,53)(H,45,62)(H2,49,50,52,61);3H,1-2H3. The molecule has 2 fully saturated rings. The summed E-state index contributed by atoms with van der Waals surface area (Å²) in [7, 11) is 8.29. The Morgan fingerprint density at radius 1 is 0.838 bits per heavy atom. The molecule has 0 radical (unpaired) electrons. The van der Waals surface area contributed by atoms with Crippen molar-refractivity contribution in [2.24, 2.45) is 10.8 Å². The van der Waals surface area contributed by atoms with E-state index in [4.69, 9.17) is 10.5 Å². The molecule has 2 aromatic carbocycles. The number of carbonyl (C=O) groups excluding carboxylic acids is 6. The van der Waals surface area contributed by atoms with Crippen molar-refractivity contribution in [2.45, 2.75) is 25.3 Å². The van der Waals surface area contributed by atoms with Gasteiger partial charge in [0.15, 0.2) is 23.7 Å². The summed E-state index contributed by atoms with van der Waals surface area (Å²) in [5.74, 6) is 0.523. The highest BCUT2D eigenvalue weighted by Gasteiger charge is 2.42. The van der Waals surface area contributed by atoms with Crippen LogP contribution < -0.4 is 51.9 Å². The Morgan fingerprint density at radius 3 is 2.13 bits per heavy atom. The number of aldehydes is 2. The zero-order chi connectivity index (χ0) is 48.7. The third-order valence-electron chi connectivity index (χ3n) is 11.5. The molecular weight excluding hydrogens is 877 g/mol. The van der Waals surface area contributed by atoms with Gasteiger partial charge in [-0.2, -0.15) is 5.10 Å². The van der Waals surface area contributed by atoms with Gasteiger partial charge in [-0.1, -0.05) is 6.07 Å². The Hall–Kier alpha value is -7.79. The van der Waals surface area contributed by atoms with Gasteiger partial charge in [0.1, 0.15) is 36.0 Å². The lowest BCUT2D eigenvalue weighted by Gasteiger charge is -2.38. The van der Waals surface area contributed by atoms with E-state index in [1.165, 1.54) is 20.2 Å². The first-order valence-electron chi connectivity index (χ1n) is 22.1. The first-order chi connectivity index (χ1) is 33.0. The molecule has 2 saturated heterocycles. The number of carbonyl (C=O) groups is 6. The number of amidine groups is 1. The smallest absolute Gasteiger partial charge is 0.262 e. The van der Waals surface area contributed by atoms with Gasteiger partial charge in [0, 0.05) is 104 Å². The zero-order valence-corrected chi connectivity index (χ0v) is 38.8. The number of imide groups is 1.